The average molecular weight is 334 g/mol. The normalized spacial score (nSPS) is 10.5. The van der Waals surface area contributed by atoms with E-state index in [9.17, 15) is 4.79 Å². The van der Waals surface area contributed by atoms with Crippen LogP contribution in [0, 0.1) is 6.92 Å². The van der Waals surface area contributed by atoms with Crippen molar-refractivity contribution in [3.63, 3.8) is 0 Å². The smallest absolute Gasteiger partial charge is 0.335 e. The molecule has 0 saturated carbocycles. The molecule has 0 aliphatic rings. The van der Waals surface area contributed by atoms with Gasteiger partial charge >= 0.3 is 5.97 Å². The molecule has 122 valence electrons. The molecule has 2 rings (SSSR count). The van der Waals surface area contributed by atoms with E-state index in [0.717, 1.165) is 29.8 Å². The molecule has 4 nitrogen and oxygen atoms in total. The minimum atomic E-state index is -0.904. The highest BCUT2D eigenvalue weighted by Crippen LogP contribution is 2.21. The lowest BCUT2D eigenvalue weighted by molar-refractivity contribution is 0.0696. The number of carbonyl (C=O) groups is 1. The van der Waals surface area contributed by atoms with Crippen molar-refractivity contribution in [1.82, 2.24) is 5.32 Å². The van der Waals surface area contributed by atoms with Crippen LogP contribution in [-0.4, -0.2) is 24.2 Å². The maximum absolute atomic E-state index is 10.9. The van der Waals surface area contributed by atoms with E-state index in [1.807, 2.05) is 31.2 Å². The molecule has 0 spiro atoms. The van der Waals surface area contributed by atoms with Gasteiger partial charge in [0.1, 0.15) is 5.75 Å². The Balaban J connectivity index is 1.68. The Bertz CT molecular complexity index is 673. The van der Waals surface area contributed by atoms with Crippen LogP contribution in [0.1, 0.15) is 27.9 Å². The fourth-order valence-corrected chi connectivity index (χ4v) is 2.43. The van der Waals surface area contributed by atoms with Gasteiger partial charge in [-0.05, 0) is 61.3 Å². The van der Waals surface area contributed by atoms with E-state index in [4.69, 9.17) is 21.4 Å². The Hall–Kier alpha value is -2.04. The Morgan fingerprint density at radius 2 is 2.09 bits per heavy atom. The third kappa shape index (κ3) is 5.58. The first-order valence-corrected chi connectivity index (χ1v) is 7.86. The molecule has 0 radical (unpaired) electrons. The van der Waals surface area contributed by atoms with E-state index >= 15 is 0 Å². The first-order chi connectivity index (χ1) is 11.1. The average Bonchev–Trinajstić information content (AvgIpc) is 2.52. The molecule has 23 heavy (non-hydrogen) atoms. The van der Waals surface area contributed by atoms with E-state index in [1.165, 1.54) is 0 Å². The molecule has 0 amide bonds. The minimum Gasteiger partial charge on any atom is -0.493 e. The van der Waals surface area contributed by atoms with Crippen LogP contribution in [-0.2, 0) is 6.54 Å². The topological polar surface area (TPSA) is 58.6 Å². The Morgan fingerprint density at radius 3 is 2.83 bits per heavy atom. The molecular formula is C18H20ClNO3. The number of nitrogens with one attached hydrogen (secondary N) is 1. The lowest BCUT2D eigenvalue weighted by atomic mass is 10.1. The summed E-state index contributed by atoms with van der Waals surface area (Å²) in [6.07, 6.45) is 0.862. The molecule has 0 bridgehead atoms. The summed E-state index contributed by atoms with van der Waals surface area (Å²) in [5, 5.41) is 12.9. The monoisotopic (exact) mass is 333 g/mol. The van der Waals surface area contributed by atoms with Crippen molar-refractivity contribution in [2.75, 3.05) is 13.2 Å². The van der Waals surface area contributed by atoms with Gasteiger partial charge in [-0.3, -0.25) is 0 Å². The van der Waals surface area contributed by atoms with Crippen molar-refractivity contribution in [3.8, 4) is 5.75 Å². The Labute approximate surface area is 141 Å². The van der Waals surface area contributed by atoms with Crippen LogP contribution in [0.5, 0.6) is 5.75 Å². The van der Waals surface area contributed by atoms with Gasteiger partial charge in [0.25, 0.3) is 0 Å². The summed E-state index contributed by atoms with van der Waals surface area (Å²) in [5.41, 5.74) is 2.29. The number of aryl methyl sites for hydroxylation is 1. The highest BCUT2D eigenvalue weighted by molar-refractivity contribution is 6.30. The van der Waals surface area contributed by atoms with Crippen LogP contribution in [0.3, 0.4) is 0 Å². The number of benzene rings is 2. The van der Waals surface area contributed by atoms with E-state index in [0.29, 0.717) is 23.7 Å². The standard InChI is InChI=1S/C18H20ClNO3/c1-13-10-16(19)6-7-17(13)23-9-3-8-20-12-14-4-2-5-15(11-14)18(21)22/h2,4-7,10-11,20H,3,8-9,12H2,1H3,(H,21,22). The fourth-order valence-electron chi connectivity index (χ4n) is 2.20. The van der Waals surface area contributed by atoms with Crippen LogP contribution in [0.15, 0.2) is 42.5 Å². The zero-order chi connectivity index (χ0) is 16.7. The zero-order valence-corrected chi connectivity index (χ0v) is 13.8. The van der Waals surface area contributed by atoms with Gasteiger partial charge < -0.3 is 15.2 Å². The SMILES string of the molecule is Cc1cc(Cl)ccc1OCCCNCc1cccc(C(=O)O)c1. The van der Waals surface area contributed by atoms with E-state index in [2.05, 4.69) is 5.32 Å². The molecule has 0 unspecified atom stereocenters. The summed E-state index contributed by atoms with van der Waals surface area (Å²) in [6, 6.07) is 12.5. The lowest BCUT2D eigenvalue weighted by Gasteiger charge is -2.10. The second-order valence-electron chi connectivity index (χ2n) is 5.29. The molecule has 2 N–H and O–H groups in total. The number of carboxylic acids is 1. The van der Waals surface area contributed by atoms with Gasteiger partial charge in [-0.2, -0.15) is 0 Å². The van der Waals surface area contributed by atoms with Gasteiger partial charge in [0.2, 0.25) is 0 Å². The molecule has 0 aromatic heterocycles. The van der Waals surface area contributed by atoms with Crippen molar-refractivity contribution in [2.24, 2.45) is 0 Å². The molecule has 2 aromatic rings. The van der Waals surface area contributed by atoms with Gasteiger partial charge in [-0.1, -0.05) is 23.7 Å². The van der Waals surface area contributed by atoms with Crippen LogP contribution in [0.4, 0.5) is 0 Å². The van der Waals surface area contributed by atoms with Gasteiger partial charge in [0, 0.05) is 11.6 Å². The van der Waals surface area contributed by atoms with Gasteiger partial charge in [-0.25, -0.2) is 4.79 Å². The number of ether oxygens (including phenoxy) is 1. The van der Waals surface area contributed by atoms with Gasteiger partial charge in [-0.15, -0.1) is 0 Å². The van der Waals surface area contributed by atoms with Crippen LogP contribution in [0.25, 0.3) is 0 Å². The number of rotatable bonds is 8. The van der Waals surface area contributed by atoms with E-state index < -0.39 is 5.97 Å². The van der Waals surface area contributed by atoms with Crippen molar-refractivity contribution in [3.05, 3.63) is 64.2 Å². The Morgan fingerprint density at radius 1 is 1.26 bits per heavy atom. The molecule has 2 aromatic carbocycles. The van der Waals surface area contributed by atoms with Crippen molar-refractivity contribution >= 4 is 17.6 Å². The maximum Gasteiger partial charge on any atom is 0.335 e. The second-order valence-corrected chi connectivity index (χ2v) is 5.73. The molecule has 0 aliphatic carbocycles. The third-order valence-corrected chi connectivity index (χ3v) is 3.63. The third-order valence-electron chi connectivity index (χ3n) is 3.40. The summed E-state index contributed by atoms with van der Waals surface area (Å²) < 4.78 is 5.72. The van der Waals surface area contributed by atoms with Crippen molar-refractivity contribution < 1.29 is 14.6 Å². The van der Waals surface area contributed by atoms with Crippen LogP contribution >= 0.6 is 11.6 Å². The van der Waals surface area contributed by atoms with Gasteiger partial charge in [0.05, 0.1) is 12.2 Å². The first kappa shape index (κ1) is 17.3. The Kier molecular flexibility index (Phi) is 6.44. The maximum atomic E-state index is 10.9. The first-order valence-electron chi connectivity index (χ1n) is 7.48. The van der Waals surface area contributed by atoms with Crippen LogP contribution < -0.4 is 10.1 Å². The molecule has 0 atom stereocenters. The zero-order valence-electron chi connectivity index (χ0n) is 13.0. The number of carboxylic acid groups (broad SMARTS) is 1. The lowest BCUT2D eigenvalue weighted by Crippen LogP contribution is -2.17. The predicted octanol–water partition coefficient (Wildman–Crippen LogP) is 3.91. The van der Waals surface area contributed by atoms with Gasteiger partial charge in [0.15, 0.2) is 0 Å². The minimum absolute atomic E-state index is 0.311. The van der Waals surface area contributed by atoms with E-state index in [1.54, 1.807) is 18.2 Å². The molecule has 0 aliphatic heterocycles. The summed E-state index contributed by atoms with van der Waals surface area (Å²) >= 11 is 5.91. The second kappa shape index (κ2) is 8.56. The molecule has 0 heterocycles. The summed E-state index contributed by atoms with van der Waals surface area (Å²) in [7, 11) is 0. The molecular weight excluding hydrogens is 314 g/mol. The van der Waals surface area contributed by atoms with Crippen molar-refractivity contribution in [1.29, 1.82) is 0 Å². The molecule has 0 saturated heterocycles. The number of halogens is 1. The number of aromatic carboxylic acids is 1. The highest BCUT2D eigenvalue weighted by Gasteiger charge is 2.03. The fraction of sp³-hybridized carbons (Fsp3) is 0.278. The van der Waals surface area contributed by atoms with Crippen molar-refractivity contribution in [2.45, 2.75) is 19.9 Å². The van der Waals surface area contributed by atoms with E-state index in [-0.39, 0.29) is 0 Å². The molecule has 5 heteroatoms. The van der Waals surface area contributed by atoms with Crippen LogP contribution in [0.2, 0.25) is 5.02 Å². The summed E-state index contributed by atoms with van der Waals surface area (Å²) in [5.74, 6) is -0.0536. The number of hydrogen-bond acceptors (Lipinski definition) is 3. The quantitative estimate of drug-likeness (QED) is 0.719. The largest absolute Gasteiger partial charge is 0.493 e. The summed E-state index contributed by atoms with van der Waals surface area (Å²) in [4.78, 5) is 10.9. The highest BCUT2D eigenvalue weighted by atomic mass is 35.5. The molecule has 0 fully saturated rings. The predicted molar refractivity (Wildman–Crippen MR) is 91.4 cm³/mol. The number of hydrogen-bond donors (Lipinski definition) is 2. The summed E-state index contributed by atoms with van der Waals surface area (Å²) in [6.45, 7) is 4.02.